The van der Waals surface area contributed by atoms with Crippen molar-refractivity contribution in [3.05, 3.63) is 141 Å². The standard InChI is InChI=1S/C39H36IN3O8/c40-29-17-8-7-11-26(29)23-43-33-36(46)48-30-21-38(33,37(47)42-22-24-10-9-12-25(20-24)35(45)41-18-19-44)34(51-43)32-31(30)49-39(50-32,27-13-3-1-4-14-27)28-15-5-2-6-16-28/h1-17,20,30-34,44H,18-19,21-23H2,(H,41,45)(H,42,47)/t30-,31+,32+,33+,34-,38+/m1/s1. The fourth-order valence-corrected chi connectivity index (χ4v) is 8.48. The highest BCUT2D eigenvalue weighted by Crippen LogP contribution is 2.59. The number of hydrogen-bond donors (Lipinski definition) is 3. The van der Waals surface area contributed by atoms with Crippen LogP contribution in [0.5, 0.6) is 0 Å². The van der Waals surface area contributed by atoms with E-state index in [9.17, 15) is 14.4 Å². The number of amides is 2. The maximum atomic E-state index is 14.8. The van der Waals surface area contributed by atoms with Crippen molar-refractivity contribution in [1.82, 2.24) is 15.7 Å². The molecule has 6 atom stereocenters. The van der Waals surface area contributed by atoms with Crippen LogP contribution in [0.3, 0.4) is 0 Å². The number of carbonyl (C=O) groups is 3. The Morgan fingerprint density at radius 3 is 2.25 bits per heavy atom. The Morgan fingerprint density at radius 2 is 1.55 bits per heavy atom. The van der Waals surface area contributed by atoms with Gasteiger partial charge in [-0.2, -0.15) is 5.06 Å². The molecule has 1 saturated carbocycles. The van der Waals surface area contributed by atoms with E-state index in [0.29, 0.717) is 11.1 Å². The molecule has 2 bridgehead atoms. The molecular formula is C39H36IN3O8. The molecule has 12 heteroatoms. The van der Waals surface area contributed by atoms with Gasteiger partial charge in [0, 0.05) is 39.8 Å². The minimum atomic E-state index is -1.38. The van der Waals surface area contributed by atoms with Crippen molar-refractivity contribution in [3.8, 4) is 0 Å². The summed E-state index contributed by atoms with van der Waals surface area (Å²) in [5.74, 6) is -2.62. The van der Waals surface area contributed by atoms with E-state index in [1.165, 1.54) is 0 Å². The predicted octanol–water partition coefficient (Wildman–Crippen LogP) is 3.81. The maximum absolute atomic E-state index is 14.8. The van der Waals surface area contributed by atoms with Gasteiger partial charge in [0.05, 0.1) is 13.2 Å². The summed E-state index contributed by atoms with van der Waals surface area (Å²) in [4.78, 5) is 48.3. The molecule has 51 heavy (non-hydrogen) atoms. The molecule has 3 heterocycles. The van der Waals surface area contributed by atoms with Crippen molar-refractivity contribution in [3.63, 3.8) is 0 Å². The summed E-state index contributed by atoms with van der Waals surface area (Å²) >= 11 is 2.25. The Kier molecular flexibility index (Phi) is 9.15. The SMILES string of the molecule is O=C(NCCO)c1cccc(CNC(=O)[C@@]23C[C@H]4OC(=O)[C@@H]2N(Cc2ccccc2I)O[C@@H]3[C@H]2OC(c3ccccc3)(c3ccccc3)O[C@H]24)c1. The predicted molar refractivity (Wildman–Crippen MR) is 191 cm³/mol. The second-order valence-corrected chi connectivity index (χ2v) is 14.4. The van der Waals surface area contributed by atoms with Crippen LogP contribution in [-0.4, -0.2) is 71.6 Å². The van der Waals surface area contributed by atoms with E-state index in [1.807, 2.05) is 91.0 Å². The minimum Gasteiger partial charge on any atom is -0.458 e. The molecule has 0 aromatic heterocycles. The first-order chi connectivity index (χ1) is 24.8. The van der Waals surface area contributed by atoms with Gasteiger partial charge in [0.2, 0.25) is 11.7 Å². The summed E-state index contributed by atoms with van der Waals surface area (Å²) in [6.07, 6.45) is -3.04. The molecule has 8 rings (SSSR count). The highest BCUT2D eigenvalue weighted by Gasteiger charge is 2.76. The van der Waals surface area contributed by atoms with E-state index >= 15 is 0 Å². The first-order valence-corrected chi connectivity index (χ1v) is 18.0. The number of hydrogen-bond acceptors (Lipinski definition) is 9. The second kappa shape index (κ2) is 13.7. The van der Waals surface area contributed by atoms with Crippen LogP contribution in [0.15, 0.2) is 109 Å². The Bertz CT molecular complexity index is 1910. The van der Waals surface area contributed by atoms with Gasteiger partial charge >= 0.3 is 5.97 Å². The Hall–Kier alpha value is -4.18. The summed E-state index contributed by atoms with van der Waals surface area (Å²) < 4.78 is 21.1. The van der Waals surface area contributed by atoms with E-state index in [-0.39, 0.29) is 44.5 Å². The van der Waals surface area contributed by atoms with Crippen LogP contribution in [0.4, 0.5) is 0 Å². The topological polar surface area (TPSA) is 136 Å². The molecule has 4 aliphatic rings. The molecule has 262 valence electrons. The zero-order valence-corrected chi connectivity index (χ0v) is 29.6. The molecule has 4 aromatic carbocycles. The van der Waals surface area contributed by atoms with Crippen molar-refractivity contribution >= 4 is 40.4 Å². The highest BCUT2D eigenvalue weighted by molar-refractivity contribution is 14.1. The molecule has 11 nitrogen and oxygen atoms in total. The van der Waals surface area contributed by atoms with E-state index in [1.54, 1.807) is 23.3 Å². The lowest BCUT2D eigenvalue weighted by molar-refractivity contribution is -0.213. The molecule has 0 spiro atoms. The van der Waals surface area contributed by atoms with Gasteiger partial charge in [-0.05, 0) is 51.9 Å². The molecule has 4 aromatic rings. The zero-order chi connectivity index (χ0) is 35.2. The average molecular weight is 802 g/mol. The van der Waals surface area contributed by atoms with Gasteiger partial charge < -0.3 is 30.0 Å². The van der Waals surface area contributed by atoms with Crippen molar-refractivity contribution < 1.29 is 38.5 Å². The van der Waals surface area contributed by atoms with Crippen LogP contribution in [0.25, 0.3) is 0 Å². The lowest BCUT2D eigenvalue weighted by Crippen LogP contribution is -2.69. The van der Waals surface area contributed by atoms with Crippen LogP contribution in [0.1, 0.15) is 39.0 Å². The Morgan fingerprint density at radius 1 is 0.863 bits per heavy atom. The number of fused-ring (bicyclic) bond motifs is 4. The molecule has 1 aliphatic carbocycles. The number of halogens is 1. The summed E-state index contributed by atoms with van der Waals surface area (Å²) in [6.45, 7) is 0.290. The van der Waals surface area contributed by atoms with Gasteiger partial charge in [0.25, 0.3) is 5.91 Å². The van der Waals surface area contributed by atoms with Gasteiger partial charge in [0.15, 0.2) is 6.04 Å². The second-order valence-electron chi connectivity index (χ2n) is 13.2. The lowest BCUT2D eigenvalue weighted by atomic mass is 9.62. The monoisotopic (exact) mass is 801 g/mol. The molecule has 3 N–H and O–H groups in total. The number of ether oxygens (including phenoxy) is 3. The molecule has 4 fully saturated rings. The highest BCUT2D eigenvalue weighted by atomic mass is 127. The van der Waals surface area contributed by atoms with Gasteiger partial charge in [-0.15, -0.1) is 0 Å². The first-order valence-electron chi connectivity index (χ1n) is 16.9. The smallest absolute Gasteiger partial charge is 0.327 e. The van der Waals surface area contributed by atoms with Crippen LogP contribution in [-0.2, 0) is 47.5 Å². The molecular weight excluding hydrogens is 765 g/mol. The Labute approximate surface area is 308 Å². The van der Waals surface area contributed by atoms with Gasteiger partial charge in [0.1, 0.15) is 29.8 Å². The normalized spacial score (nSPS) is 27.3. The van der Waals surface area contributed by atoms with Gasteiger partial charge in [-0.25, -0.2) is 0 Å². The van der Waals surface area contributed by atoms with Crippen LogP contribution < -0.4 is 10.6 Å². The van der Waals surface area contributed by atoms with Crippen molar-refractivity contribution in [1.29, 1.82) is 0 Å². The molecule has 0 unspecified atom stereocenters. The van der Waals surface area contributed by atoms with Crippen molar-refractivity contribution in [2.24, 2.45) is 5.41 Å². The first kappa shape index (κ1) is 33.9. The number of aliphatic hydroxyl groups excluding tert-OH is 1. The number of esters is 1. The van der Waals surface area contributed by atoms with E-state index in [0.717, 1.165) is 20.3 Å². The third-order valence-electron chi connectivity index (χ3n) is 10.2. The fraction of sp³-hybridized carbons (Fsp3) is 0.308. The summed E-state index contributed by atoms with van der Waals surface area (Å²) in [5, 5.41) is 16.4. The number of carbonyl (C=O) groups excluding carboxylic acids is 3. The number of hydroxylamine groups is 2. The third-order valence-corrected chi connectivity index (χ3v) is 11.3. The quantitative estimate of drug-likeness (QED) is 0.162. The van der Waals surface area contributed by atoms with E-state index in [2.05, 4.69) is 33.2 Å². The van der Waals surface area contributed by atoms with Gasteiger partial charge in [-0.3, -0.25) is 19.2 Å². The Balaban J connectivity index is 1.17. The minimum absolute atomic E-state index is 0.0981. The summed E-state index contributed by atoms with van der Waals surface area (Å²) in [7, 11) is 0. The van der Waals surface area contributed by atoms with Crippen molar-refractivity contribution in [2.45, 2.75) is 55.8 Å². The average Bonchev–Trinajstić information content (AvgIpc) is 3.74. The van der Waals surface area contributed by atoms with Gasteiger partial charge in [-0.1, -0.05) is 91.0 Å². The molecule has 3 saturated heterocycles. The van der Waals surface area contributed by atoms with E-state index in [4.69, 9.17) is 24.2 Å². The van der Waals surface area contributed by atoms with Crippen LogP contribution >= 0.6 is 22.6 Å². The van der Waals surface area contributed by atoms with E-state index < -0.39 is 47.6 Å². The van der Waals surface area contributed by atoms with Crippen LogP contribution in [0.2, 0.25) is 0 Å². The number of nitrogens with zero attached hydrogens (tertiary/aromatic N) is 1. The largest absolute Gasteiger partial charge is 0.458 e. The number of benzene rings is 4. The lowest BCUT2D eigenvalue weighted by Gasteiger charge is -2.48. The maximum Gasteiger partial charge on any atom is 0.327 e. The molecule has 2 amide bonds. The summed E-state index contributed by atoms with van der Waals surface area (Å²) in [6, 6.07) is 32.9. The fourth-order valence-electron chi connectivity index (χ4n) is 7.92. The number of nitrogens with one attached hydrogen (secondary N) is 2. The number of rotatable bonds is 10. The molecule has 3 aliphatic heterocycles. The van der Waals surface area contributed by atoms with Crippen molar-refractivity contribution in [2.75, 3.05) is 13.2 Å². The number of aliphatic hydroxyl groups is 1. The third kappa shape index (κ3) is 5.83. The zero-order valence-electron chi connectivity index (χ0n) is 27.4. The van der Waals surface area contributed by atoms with Crippen LogP contribution in [0, 0.1) is 8.99 Å². The summed E-state index contributed by atoms with van der Waals surface area (Å²) in [5.41, 5.74) is 2.16. The molecule has 0 radical (unpaired) electrons.